The van der Waals surface area contributed by atoms with Gasteiger partial charge in [0.15, 0.2) is 0 Å². The first-order chi connectivity index (χ1) is 8.78. The highest BCUT2D eigenvalue weighted by Gasteiger charge is 2.26. The monoisotopic (exact) mass is 294 g/mol. The van der Waals surface area contributed by atoms with Gasteiger partial charge in [-0.1, -0.05) is 23.7 Å². The van der Waals surface area contributed by atoms with Gasteiger partial charge in [-0.15, -0.1) is 0 Å². The van der Waals surface area contributed by atoms with Crippen LogP contribution >= 0.6 is 11.6 Å². The van der Waals surface area contributed by atoms with E-state index in [1.165, 1.54) is 0 Å². The van der Waals surface area contributed by atoms with Crippen LogP contribution < -0.4 is 10.6 Å². The molecule has 7 heteroatoms. The van der Waals surface area contributed by atoms with Gasteiger partial charge in [0.2, 0.25) is 5.91 Å². The normalized spacial score (nSPS) is 13.1. The molecule has 1 aromatic rings. The fourth-order valence-corrected chi connectivity index (χ4v) is 1.67. The van der Waals surface area contributed by atoms with Crippen LogP contribution in [0.15, 0.2) is 24.3 Å². The maximum Gasteiger partial charge on any atom is 0.401 e. The summed E-state index contributed by atoms with van der Waals surface area (Å²) in [5.74, 6) is -0.503. The Balaban J connectivity index is 2.40. The predicted molar refractivity (Wildman–Crippen MR) is 66.9 cm³/mol. The lowest BCUT2D eigenvalue weighted by Gasteiger charge is -2.15. The Morgan fingerprint density at radius 1 is 1.42 bits per heavy atom. The molecule has 0 fully saturated rings. The third-order valence-corrected chi connectivity index (χ3v) is 2.57. The molecule has 0 heterocycles. The SMILES string of the molecule is CC(NC(=O)CNCC(F)(F)F)c1cccc(Cl)c1. The number of carbonyl (C=O) groups excluding carboxylic acids is 1. The Labute approximate surface area is 114 Å². The van der Waals surface area contributed by atoms with Crippen molar-refractivity contribution in [1.82, 2.24) is 10.6 Å². The lowest BCUT2D eigenvalue weighted by Crippen LogP contribution is -2.39. The van der Waals surface area contributed by atoms with Crippen LogP contribution in [0.5, 0.6) is 0 Å². The minimum Gasteiger partial charge on any atom is -0.348 e. The number of nitrogens with one attached hydrogen (secondary N) is 2. The maximum absolute atomic E-state index is 11.9. The lowest BCUT2D eigenvalue weighted by atomic mass is 10.1. The number of amides is 1. The Morgan fingerprint density at radius 3 is 2.68 bits per heavy atom. The molecule has 3 nitrogen and oxygen atoms in total. The number of benzene rings is 1. The number of hydrogen-bond acceptors (Lipinski definition) is 2. The van der Waals surface area contributed by atoms with Crippen molar-refractivity contribution in [1.29, 1.82) is 0 Å². The van der Waals surface area contributed by atoms with Crippen molar-refractivity contribution in [3.8, 4) is 0 Å². The molecule has 0 radical (unpaired) electrons. The van der Waals surface area contributed by atoms with E-state index in [1.807, 2.05) is 5.32 Å². The molecule has 106 valence electrons. The van der Waals surface area contributed by atoms with Crippen molar-refractivity contribution >= 4 is 17.5 Å². The number of carbonyl (C=O) groups is 1. The van der Waals surface area contributed by atoms with E-state index in [4.69, 9.17) is 11.6 Å². The summed E-state index contributed by atoms with van der Waals surface area (Å²) in [5, 5.41) is 5.15. The maximum atomic E-state index is 11.9. The van der Waals surface area contributed by atoms with Crippen molar-refractivity contribution in [2.75, 3.05) is 13.1 Å². The summed E-state index contributed by atoms with van der Waals surface area (Å²) in [7, 11) is 0. The smallest absolute Gasteiger partial charge is 0.348 e. The highest BCUT2D eigenvalue weighted by molar-refractivity contribution is 6.30. The van der Waals surface area contributed by atoms with Gasteiger partial charge >= 0.3 is 6.18 Å². The van der Waals surface area contributed by atoms with Gasteiger partial charge in [-0.2, -0.15) is 13.2 Å². The van der Waals surface area contributed by atoms with Gasteiger partial charge in [-0.25, -0.2) is 0 Å². The topological polar surface area (TPSA) is 41.1 Å². The Morgan fingerprint density at radius 2 is 2.11 bits per heavy atom. The van der Waals surface area contributed by atoms with Gasteiger partial charge in [0.25, 0.3) is 0 Å². The molecule has 1 amide bonds. The van der Waals surface area contributed by atoms with E-state index in [1.54, 1.807) is 31.2 Å². The molecule has 0 aromatic heterocycles. The average molecular weight is 295 g/mol. The fraction of sp³-hybridized carbons (Fsp3) is 0.417. The molecule has 0 spiro atoms. The second kappa shape index (κ2) is 6.77. The zero-order chi connectivity index (χ0) is 14.5. The standard InChI is InChI=1S/C12H14ClF3N2O/c1-8(9-3-2-4-10(13)5-9)18-11(19)6-17-7-12(14,15)16/h2-5,8,17H,6-7H2,1H3,(H,18,19). The molecular weight excluding hydrogens is 281 g/mol. The second-order valence-corrected chi connectivity index (χ2v) is 4.50. The minimum absolute atomic E-state index is 0.320. The van der Waals surface area contributed by atoms with Crippen molar-refractivity contribution in [2.45, 2.75) is 19.1 Å². The van der Waals surface area contributed by atoms with E-state index in [0.29, 0.717) is 5.02 Å². The van der Waals surface area contributed by atoms with Gasteiger partial charge in [0.05, 0.1) is 19.1 Å². The van der Waals surface area contributed by atoms with Gasteiger partial charge in [0, 0.05) is 5.02 Å². The number of halogens is 4. The molecule has 0 bridgehead atoms. The first-order valence-electron chi connectivity index (χ1n) is 5.60. The molecule has 1 aromatic carbocycles. The van der Waals surface area contributed by atoms with Gasteiger partial charge in [0.1, 0.15) is 0 Å². The van der Waals surface area contributed by atoms with E-state index < -0.39 is 18.6 Å². The molecule has 1 atom stereocenters. The number of rotatable bonds is 5. The molecule has 19 heavy (non-hydrogen) atoms. The number of hydrogen-bond donors (Lipinski definition) is 2. The summed E-state index contributed by atoms with van der Waals surface area (Å²) in [4.78, 5) is 11.4. The first-order valence-corrected chi connectivity index (χ1v) is 5.98. The lowest BCUT2D eigenvalue weighted by molar-refractivity contribution is -0.128. The zero-order valence-corrected chi connectivity index (χ0v) is 11.0. The van der Waals surface area contributed by atoms with Gasteiger partial charge < -0.3 is 10.6 Å². The number of alkyl halides is 3. The van der Waals surface area contributed by atoms with E-state index in [-0.39, 0.29) is 12.6 Å². The summed E-state index contributed by atoms with van der Waals surface area (Å²) >= 11 is 5.81. The van der Waals surface area contributed by atoms with Crippen LogP contribution in [-0.2, 0) is 4.79 Å². The Hall–Kier alpha value is -1.27. The summed E-state index contributed by atoms with van der Waals surface area (Å²) < 4.78 is 35.6. The molecule has 0 aliphatic rings. The van der Waals surface area contributed by atoms with Crippen molar-refractivity contribution < 1.29 is 18.0 Å². The summed E-state index contributed by atoms with van der Waals surface area (Å²) in [6.07, 6.45) is -4.32. The molecule has 0 saturated carbocycles. The molecular formula is C12H14ClF3N2O. The van der Waals surface area contributed by atoms with Crippen LogP contribution in [0.2, 0.25) is 5.02 Å². The molecule has 2 N–H and O–H groups in total. The van der Waals surface area contributed by atoms with Crippen LogP contribution in [0.4, 0.5) is 13.2 Å². The van der Waals surface area contributed by atoms with Crippen LogP contribution in [0.1, 0.15) is 18.5 Å². The van der Waals surface area contributed by atoms with Crippen molar-refractivity contribution in [3.05, 3.63) is 34.9 Å². The van der Waals surface area contributed by atoms with E-state index in [9.17, 15) is 18.0 Å². The quantitative estimate of drug-likeness (QED) is 0.876. The molecule has 1 rings (SSSR count). The van der Waals surface area contributed by atoms with Gasteiger partial charge in [-0.05, 0) is 24.6 Å². The molecule has 0 aliphatic heterocycles. The van der Waals surface area contributed by atoms with Gasteiger partial charge in [-0.3, -0.25) is 4.79 Å². The molecule has 0 saturated heterocycles. The fourth-order valence-electron chi connectivity index (χ4n) is 1.47. The highest BCUT2D eigenvalue weighted by Crippen LogP contribution is 2.17. The average Bonchev–Trinajstić information content (AvgIpc) is 2.27. The summed E-state index contributed by atoms with van der Waals surface area (Å²) in [6.45, 7) is 0.156. The summed E-state index contributed by atoms with van der Waals surface area (Å²) in [5.41, 5.74) is 0.789. The minimum atomic E-state index is -4.32. The van der Waals surface area contributed by atoms with Crippen molar-refractivity contribution in [2.24, 2.45) is 0 Å². The van der Waals surface area contributed by atoms with E-state index >= 15 is 0 Å². The highest BCUT2D eigenvalue weighted by atomic mass is 35.5. The zero-order valence-electron chi connectivity index (χ0n) is 10.2. The van der Waals surface area contributed by atoms with Crippen LogP contribution in [0.25, 0.3) is 0 Å². The van der Waals surface area contributed by atoms with Crippen LogP contribution in [0, 0.1) is 0 Å². The largest absolute Gasteiger partial charge is 0.401 e. The Bertz CT molecular complexity index is 437. The molecule has 0 aliphatic carbocycles. The van der Waals surface area contributed by atoms with Crippen molar-refractivity contribution in [3.63, 3.8) is 0 Å². The third-order valence-electron chi connectivity index (χ3n) is 2.34. The predicted octanol–water partition coefficient (Wildman–Crippen LogP) is 2.67. The summed E-state index contributed by atoms with van der Waals surface area (Å²) in [6, 6.07) is 6.58. The Kier molecular flexibility index (Phi) is 5.62. The van der Waals surface area contributed by atoms with Crippen LogP contribution in [0.3, 0.4) is 0 Å². The molecule has 1 unspecified atom stereocenters. The van der Waals surface area contributed by atoms with Crippen LogP contribution in [-0.4, -0.2) is 25.2 Å². The van der Waals surface area contributed by atoms with E-state index in [0.717, 1.165) is 5.56 Å². The van der Waals surface area contributed by atoms with E-state index in [2.05, 4.69) is 5.32 Å². The second-order valence-electron chi connectivity index (χ2n) is 4.06. The third kappa shape index (κ3) is 6.45. The first kappa shape index (κ1) is 15.8.